The number of amides is 3. The van der Waals surface area contributed by atoms with E-state index in [4.69, 9.17) is 46.6 Å². The van der Waals surface area contributed by atoms with Crippen LogP contribution in [0.2, 0.25) is 10.0 Å². The summed E-state index contributed by atoms with van der Waals surface area (Å²) in [6.07, 6.45) is -1.02. The zero-order valence-corrected chi connectivity index (χ0v) is 32.8. The third kappa shape index (κ3) is 14.3. The van der Waals surface area contributed by atoms with Crippen molar-refractivity contribution in [1.82, 2.24) is 16.3 Å². The van der Waals surface area contributed by atoms with Crippen molar-refractivity contribution >= 4 is 64.5 Å². The number of hydrogen-bond donors (Lipinski definition) is 9. The second-order valence-electron chi connectivity index (χ2n) is 12.5. The van der Waals surface area contributed by atoms with Crippen LogP contribution in [-0.4, -0.2) is 61.9 Å². The molecule has 0 aliphatic carbocycles. The van der Waals surface area contributed by atoms with Crippen LogP contribution in [0.25, 0.3) is 9.69 Å². The lowest BCUT2D eigenvalue weighted by atomic mass is 9.91. The number of aliphatic hydroxyl groups excluding tert-OH is 2. The van der Waals surface area contributed by atoms with Gasteiger partial charge in [-0.2, -0.15) is 0 Å². The Morgan fingerprint density at radius 1 is 0.719 bits per heavy atom. The molecular weight excluding hydrogens is 779 g/mol. The number of carboxylic acid groups (broad SMARTS) is 1. The maximum atomic E-state index is 12.5. The summed E-state index contributed by atoms with van der Waals surface area (Å²) >= 11 is 12.2. The van der Waals surface area contributed by atoms with E-state index in [-0.39, 0.29) is 29.9 Å². The molecule has 0 radical (unpaired) electrons. The van der Waals surface area contributed by atoms with Gasteiger partial charge in [0.15, 0.2) is 0 Å². The van der Waals surface area contributed by atoms with Gasteiger partial charge in [-0.3, -0.25) is 40.9 Å². The lowest BCUT2D eigenvalue weighted by Crippen LogP contribution is -2.47. The van der Waals surface area contributed by atoms with Crippen LogP contribution in [0.15, 0.2) is 72.8 Å². The average molecular weight is 822 g/mol. The molecule has 4 rings (SSSR count). The number of halogens is 2. The first-order valence-electron chi connectivity index (χ1n) is 17.0. The van der Waals surface area contributed by atoms with E-state index in [2.05, 4.69) is 31.4 Å². The zero-order valence-electron chi connectivity index (χ0n) is 31.2. The number of rotatable bonds is 12. The molecule has 0 spiro atoms. The van der Waals surface area contributed by atoms with E-state index < -0.39 is 41.8 Å². The van der Waals surface area contributed by atoms with Crippen molar-refractivity contribution in [2.75, 3.05) is 5.43 Å². The third-order valence-electron chi connectivity index (χ3n) is 8.47. The molecule has 9 N–H and O–H groups in total. The van der Waals surface area contributed by atoms with Gasteiger partial charge in [0.05, 0.1) is 52.9 Å². The number of carbonyl (C=O) groups is 4. The number of aliphatic hydroxyl groups is 2. The fourth-order valence-electron chi connectivity index (χ4n) is 5.01. The molecule has 0 saturated heterocycles. The first-order valence-corrected chi connectivity index (χ1v) is 17.7. The van der Waals surface area contributed by atoms with E-state index in [9.17, 15) is 34.5 Å². The van der Waals surface area contributed by atoms with Crippen LogP contribution in [0, 0.1) is 38.8 Å². The standard InChI is InChI=1S/C20H20ClN3O4.C13H14ClNO3.C7H8N2O2/c1-11-14(6-9-17(22-3)18(11)21)10-16(12(2)25)20(28)24-23-19(27)13-4-7-15(26)8-5-13;1-7-9(4-5-11(15-3)12(7)14)6-10(8(2)16)13(17)18;10-5-8-9-6-1-3-7(11)4-2-6/h4-9,12,16,25-26H,10H2,1-2H3,(H,23,27)(H,24,28);4-5,8,10,16H,6H2,1-2H3,(H,17,18);1-5,9,11H,(H,8,10)/t12-,16+;8-,10+;/m00./s1. The Morgan fingerprint density at radius 2 is 1.16 bits per heavy atom. The predicted molar refractivity (Wildman–Crippen MR) is 215 cm³/mol. The van der Waals surface area contributed by atoms with E-state index in [0.717, 1.165) is 16.8 Å². The topological polar surface area (TPSA) is 226 Å². The van der Waals surface area contributed by atoms with Gasteiger partial charge >= 0.3 is 5.97 Å². The van der Waals surface area contributed by atoms with E-state index in [0.29, 0.717) is 39.0 Å². The average Bonchev–Trinajstić information content (AvgIpc) is 3.18. The second-order valence-corrected chi connectivity index (χ2v) is 13.2. The molecule has 15 nitrogen and oxygen atoms in total. The van der Waals surface area contributed by atoms with Gasteiger partial charge < -0.3 is 25.5 Å². The Labute approximate surface area is 339 Å². The number of carbonyl (C=O) groups excluding carboxylic acids is 3. The number of phenols is 2. The first-order chi connectivity index (χ1) is 26.9. The van der Waals surface area contributed by atoms with Crippen LogP contribution in [0.3, 0.4) is 0 Å². The van der Waals surface area contributed by atoms with Gasteiger partial charge in [0.25, 0.3) is 5.91 Å². The van der Waals surface area contributed by atoms with Gasteiger partial charge in [-0.15, -0.1) is 0 Å². The molecule has 0 fully saturated rings. The summed E-state index contributed by atoms with van der Waals surface area (Å²) in [4.78, 5) is 52.0. The van der Waals surface area contributed by atoms with Crippen molar-refractivity contribution in [2.45, 2.75) is 52.7 Å². The van der Waals surface area contributed by atoms with Crippen LogP contribution in [0.5, 0.6) is 11.5 Å². The summed E-state index contributed by atoms with van der Waals surface area (Å²) in [5.74, 6) is -3.66. The Morgan fingerprint density at radius 3 is 1.56 bits per heavy atom. The number of carboxylic acids is 1. The number of benzene rings is 4. The summed E-state index contributed by atoms with van der Waals surface area (Å²) in [5.41, 5.74) is 13.9. The minimum Gasteiger partial charge on any atom is -0.508 e. The van der Waals surface area contributed by atoms with E-state index in [1.807, 2.05) is 0 Å². The molecule has 0 aliphatic heterocycles. The minimum absolute atomic E-state index is 0.0213. The number of phenolic OH excluding ortho intramolecular Hbond substituents is 2. The second kappa shape index (κ2) is 22.9. The van der Waals surface area contributed by atoms with Crippen LogP contribution in [-0.2, 0) is 27.2 Å². The van der Waals surface area contributed by atoms with Crippen molar-refractivity contribution in [3.8, 4) is 11.5 Å². The molecule has 0 heterocycles. The number of hydrazine groups is 2. The molecule has 0 saturated carbocycles. The summed E-state index contributed by atoms with van der Waals surface area (Å²) in [7, 11) is 0. The monoisotopic (exact) mass is 820 g/mol. The van der Waals surface area contributed by atoms with Crippen LogP contribution in [0.1, 0.15) is 46.5 Å². The fraction of sp³-hybridized carbons (Fsp3) is 0.250. The number of hydrogen-bond acceptors (Lipinski definition) is 9. The fourth-order valence-corrected chi connectivity index (χ4v) is 5.46. The van der Waals surface area contributed by atoms with E-state index >= 15 is 0 Å². The Bertz CT molecular complexity index is 2100. The van der Waals surface area contributed by atoms with Crippen molar-refractivity contribution in [3.05, 3.63) is 133 Å². The number of nitrogens with zero attached hydrogens (tertiary/aromatic N) is 2. The highest BCUT2D eigenvalue weighted by molar-refractivity contribution is 6.34. The molecule has 0 unspecified atom stereocenters. The van der Waals surface area contributed by atoms with Gasteiger partial charge in [0, 0.05) is 5.56 Å². The van der Waals surface area contributed by atoms with E-state index in [1.165, 1.54) is 50.2 Å². The molecule has 4 atom stereocenters. The molecular formula is C40H42Cl2N6O9. The molecule has 4 aromatic rings. The minimum atomic E-state index is -1.05. The van der Waals surface area contributed by atoms with E-state index in [1.54, 1.807) is 50.2 Å². The molecule has 57 heavy (non-hydrogen) atoms. The Hall–Kier alpha value is -6.36. The van der Waals surface area contributed by atoms with Crippen molar-refractivity contribution < 1.29 is 44.7 Å². The molecule has 17 heteroatoms. The quantitative estimate of drug-likeness (QED) is 0.0341. The summed E-state index contributed by atoms with van der Waals surface area (Å²) in [6, 6.07) is 18.4. The normalized spacial score (nSPS) is 12.2. The highest BCUT2D eigenvalue weighted by atomic mass is 35.5. The summed E-state index contributed by atoms with van der Waals surface area (Å²) < 4.78 is 0. The maximum Gasteiger partial charge on any atom is 0.309 e. The largest absolute Gasteiger partial charge is 0.508 e. The number of nitrogens with one attached hydrogen (secondary N) is 4. The van der Waals surface area contributed by atoms with Gasteiger partial charge in [0.2, 0.25) is 23.7 Å². The molecule has 0 bridgehead atoms. The van der Waals surface area contributed by atoms with Crippen molar-refractivity contribution in [2.24, 2.45) is 11.8 Å². The SMILES string of the molecule is O=CNNc1ccc(O)cc1.[C-]#[N+]c1ccc(C[C@@H](C(=O)NNC(=O)c2ccc(O)cc2)[C@H](C)O)c(C)c1Cl.[C-]#[N+]c1ccc(C[C@@H](C(=O)O)[C@H](C)O)c(C)c1Cl. The van der Waals surface area contributed by atoms with Gasteiger partial charge in [-0.05, 0) is 111 Å². The number of aromatic hydroxyl groups is 2. The highest BCUT2D eigenvalue weighted by Gasteiger charge is 2.26. The van der Waals surface area contributed by atoms with Crippen LogP contribution >= 0.6 is 23.2 Å². The smallest absolute Gasteiger partial charge is 0.309 e. The zero-order chi connectivity index (χ0) is 42.8. The third-order valence-corrected chi connectivity index (χ3v) is 9.42. The molecule has 3 amide bonds. The van der Waals surface area contributed by atoms with Crippen LogP contribution in [0.4, 0.5) is 17.1 Å². The molecule has 0 aliphatic rings. The van der Waals surface area contributed by atoms with Crippen molar-refractivity contribution in [3.63, 3.8) is 0 Å². The van der Waals surface area contributed by atoms with Gasteiger partial charge in [-0.1, -0.05) is 47.5 Å². The Kier molecular flexibility index (Phi) is 18.8. The van der Waals surface area contributed by atoms with Gasteiger partial charge in [-0.25, -0.2) is 9.69 Å². The number of aliphatic carboxylic acids is 1. The first kappa shape index (κ1) is 46.8. The maximum absolute atomic E-state index is 12.5. The predicted octanol–water partition coefficient (Wildman–Crippen LogP) is 6.19. The lowest BCUT2D eigenvalue weighted by molar-refractivity contribution is -0.145. The molecule has 4 aromatic carbocycles. The highest BCUT2D eigenvalue weighted by Crippen LogP contribution is 2.33. The Balaban J connectivity index is 0.000000329. The summed E-state index contributed by atoms with van der Waals surface area (Å²) in [5, 5.41) is 47.3. The molecule has 300 valence electrons. The van der Waals surface area contributed by atoms with Gasteiger partial charge in [0.1, 0.15) is 11.5 Å². The molecule has 0 aromatic heterocycles. The number of anilines is 1. The lowest BCUT2D eigenvalue weighted by Gasteiger charge is -2.21. The van der Waals surface area contributed by atoms with Crippen LogP contribution < -0.4 is 21.7 Å². The summed E-state index contributed by atoms with van der Waals surface area (Å²) in [6.45, 7) is 20.4. The van der Waals surface area contributed by atoms with Crippen molar-refractivity contribution in [1.29, 1.82) is 0 Å².